The van der Waals surface area contributed by atoms with Crippen molar-refractivity contribution >= 4 is 26.2 Å². The number of oxime groups is 1. The summed E-state index contributed by atoms with van der Waals surface area (Å²) in [4.78, 5) is 0. The maximum Gasteiger partial charge on any atom is 0.437 e. The number of hydrogen-bond donors (Lipinski definition) is 1. The maximum absolute atomic E-state index is 12.9. The van der Waals surface area contributed by atoms with E-state index in [0.717, 1.165) is 12.1 Å². The molecule has 9 nitrogen and oxygen atoms in total. The van der Waals surface area contributed by atoms with E-state index in [2.05, 4.69) is 13.6 Å². The Morgan fingerprint density at radius 3 is 2.15 bits per heavy atom. The molecule has 0 saturated carbocycles. The number of rotatable bonds is 9. The van der Waals surface area contributed by atoms with Crippen LogP contribution in [0.3, 0.4) is 0 Å². The normalized spacial score (nSPS) is 13.5. The highest BCUT2D eigenvalue weighted by Crippen LogP contribution is 2.24. The summed E-state index contributed by atoms with van der Waals surface area (Å²) in [5.41, 5.74) is -2.00. The van der Waals surface area contributed by atoms with Gasteiger partial charge in [0, 0.05) is 12.0 Å². The van der Waals surface area contributed by atoms with Gasteiger partial charge in [-0.25, -0.2) is 4.18 Å². The van der Waals surface area contributed by atoms with E-state index in [4.69, 9.17) is 9.29 Å². The number of hydrogen-bond acceptors (Lipinski definition) is 8. The van der Waals surface area contributed by atoms with Crippen LogP contribution in [0.4, 0.5) is 13.2 Å². The van der Waals surface area contributed by atoms with Gasteiger partial charge in [-0.15, -0.1) is 0 Å². The van der Waals surface area contributed by atoms with E-state index in [0.29, 0.717) is 6.26 Å². The van der Waals surface area contributed by atoms with Gasteiger partial charge in [0.15, 0.2) is 5.71 Å². The Labute approximate surface area is 147 Å². The molecule has 26 heavy (non-hydrogen) atoms. The maximum atomic E-state index is 12.9. The smallest absolute Gasteiger partial charge is 0.437 e. The van der Waals surface area contributed by atoms with E-state index >= 15 is 0 Å². The summed E-state index contributed by atoms with van der Waals surface area (Å²) in [6, 6.07) is 4.31. The zero-order valence-electron chi connectivity index (χ0n) is 13.1. The van der Waals surface area contributed by atoms with E-state index in [1.165, 1.54) is 12.1 Å². The van der Waals surface area contributed by atoms with Gasteiger partial charge in [0.25, 0.3) is 0 Å². The summed E-state index contributed by atoms with van der Waals surface area (Å²) >= 11 is 0. The lowest BCUT2D eigenvalue weighted by Gasteiger charge is -2.11. The molecule has 1 aromatic rings. The molecule has 0 aliphatic rings. The van der Waals surface area contributed by atoms with Gasteiger partial charge < -0.3 is 4.74 Å². The topological polar surface area (TPSA) is 129 Å². The van der Waals surface area contributed by atoms with Crippen molar-refractivity contribution in [1.82, 2.24) is 0 Å². The number of ether oxygens (including phenoxy) is 1. The SMILES string of the molecule is CS(=O)(=O)O/N=C(/c1ccc(OCCCOS(=O)(=O)O)cc1)C(F)(F)F. The minimum Gasteiger partial charge on any atom is -0.494 e. The first-order valence-electron chi connectivity index (χ1n) is 6.67. The lowest BCUT2D eigenvalue weighted by Crippen LogP contribution is -2.24. The molecule has 148 valence electrons. The second kappa shape index (κ2) is 8.66. The van der Waals surface area contributed by atoms with Gasteiger partial charge in [0.1, 0.15) is 5.75 Å². The van der Waals surface area contributed by atoms with Crippen LogP contribution in [0, 0.1) is 0 Å². The molecule has 0 aromatic heterocycles. The predicted octanol–water partition coefficient (Wildman–Crippen LogP) is 1.52. The van der Waals surface area contributed by atoms with Crippen LogP contribution in [0.2, 0.25) is 0 Å². The highest BCUT2D eigenvalue weighted by molar-refractivity contribution is 7.85. The molecule has 0 heterocycles. The molecular weight excluding hydrogens is 407 g/mol. The summed E-state index contributed by atoms with van der Waals surface area (Å²) in [7, 11) is -8.75. The highest BCUT2D eigenvalue weighted by Gasteiger charge is 2.38. The molecule has 0 spiro atoms. The summed E-state index contributed by atoms with van der Waals surface area (Å²) < 4.78 is 102. The van der Waals surface area contributed by atoms with E-state index in [1.807, 2.05) is 0 Å². The van der Waals surface area contributed by atoms with Crippen LogP contribution in [0.1, 0.15) is 12.0 Å². The molecule has 0 saturated heterocycles. The third kappa shape index (κ3) is 8.98. The van der Waals surface area contributed by atoms with Crippen molar-refractivity contribution < 1.29 is 47.8 Å². The van der Waals surface area contributed by atoms with Crippen molar-refractivity contribution in [1.29, 1.82) is 0 Å². The van der Waals surface area contributed by atoms with Gasteiger partial charge >= 0.3 is 26.7 Å². The van der Waals surface area contributed by atoms with Gasteiger partial charge in [0.05, 0.1) is 19.5 Å². The molecule has 0 atom stereocenters. The molecule has 1 aromatic carbocycles. The van der Waals surface area contributed by atoms with Crippen molar-refractivity contribution in [2.75, 3.05) is 19.5 Å². The largest absolute Gasteiger partial charge is 0.494 e. The Morgan fingerprint density at radius 1 is 1.12 bits per heavy atom. The van der Waals surface area contributed by atoms with Gasteiger partial charge in [-0.1, -0.05) is 5.16 Å². The van der Waals surface area contributed by atoms with Crippen LogP contribution in [0.25, 0.3) is 0 Å². The van der Waals surface area contributed by atoms with Crippen molar-refractivity contribution in [2.45, 2.75) is 12.6 Å². The molecule has 1 rings (SSSR count). The molecule has 0 amide bonds. The lowest BCUT2D eigenvalue weighted by atomic mass is 10.1. The van der Waals surface area contributed by atoms with Crippen LogP contribution >= 0.6 is 0 Å². The van der Waals surface area contributed by atoms with E-state index in [9.17, 15) is 30.0 Å². The van der Waals surface area contributed by atoms with Gasteiger partial charge in [-0.3, -0.25) is 8.84 Å². The van der Waals surface area contributed by atoms with E-state index < -0.39 is 38.0 Å². The van der Waals surface area contributed by atoms with E-state index in [1.54, 1.807) is 0 Å². The zero-order chi connectivity index (χ0) is 20.0. The molecule has 0 unspecified atom stereocenters. The Balaban J connectivity index is 2.74. The average molecular weight is 421 g/mol. The second-order valence-electron chi connectivity index (χ2n) is 4.69. The van der Waals surface area contributed by atoms with Gasteiger partial charge in [0.2, 0.25) is 0 Å². The molecule has 0 bridgehead atoms. The molecule has 1 N–H and O–H groups in total. The Kier molecular flexibility index (Phi) is 7.37. The monoisotopic (exact) mass is 421 g/mol. The Morgan fingerprint density at radius 2 is 1.69 bits per heavy atom. The summed E-state index contributed by atoms with van der Waals surface area (Å²) in [5, 5.41) is 2.64. The summed E-state index contributed by atoms with van der Waals surface area (Å²) in [6.45, 7) is -0.378. The fourth-order valence-electron chi connectivity index (χ4n) is 1.50. The number of halogens is 3. The first-order chi connectivity index (χ1) is 11.8. The van der Waals surface area contributed by atoms with Crippen molar-refractivity contribution in [3.05, 3.63) is 29.8 Å². The fraction of sp³-hybridized carbons (Fsp3) is 0.417. The van der Waals surface area contributed by atoms with Crippen LogP contribution in [0.5, 0.6) is 5.75 Å². The summed E-state index contributed by atoms with van der Waals surface area (Å²) in [6.07, 6.45) is -4.33. The van der Waals surface area contributed by atoms with Crippen molar-refractivity contribution in [3.8, 4) is 5.75 Å². The molecular formula is C12H14F3NO8S2. The van der Waals surface area contributed by atoms with Crippen molar-refractivity contribution in [2.24, 2.45) is 5.16 Å². The molecule has 14 heteroatoms. The predicted molar refractivity (Wildman–Crippen MR) is 82.6 cm³/mol. The number of alkyl halides is 3. The minimum absolute atomic E-state index is 0.0354. The first kappa shape index (κ1) is 22.1. The molecule has 0 aliphatic carbocycles. The fourth-order valence-corrected chi connectivity index (χ4v) is 2.03. The van der Waals surface area contributed by atoms with Gasteiger partial charge in [-0.05, 0) is 24.3 Å². The minimum atomic E-state index is -4.96. The summed E-state index contributed by atoms with van der Waals surface area (Å²) in [5.74, 6) is 0.158. The third-order valence-corrected chi connectivity index (χ3v) is 3.26. The molecule has 0 fully saturated rings. The second-order valence-corrected chi connectivity index (χ2v) is 7.34. The Bertz CT molecular complexity index is 832. The molecule has 0 aliphatic heterocycles. The van der Waals surface area contributed by atoms with Crippen LogP contribution in [0.15, 0.2) is 29.4 Å². The van der Waals surface area contributed by atoms with E-state index in [-0.39, 0.29) is 25.4 Å². The number of nitrogens with zero attached hydrogens (tertiary/aromatic N) is 1. The van der Waals surface area contributed by atoms with Crippen LogP contribution < -0.4 is 4.74 Å². The van der Waals surface area contributed by atoms with Crippen LogP contribution in [-0.2, 0) is 29.0 Å². The first-order valence-corrected chi connectivity index (χ1v) is 9.85. The van der Waals surface area contributed by atoms with Gasteiger partial charge in [-0.2, -0.15) is 30.0 Å². The Hall–Kier alpha value is -1.90. The zero-order valence-corrected chi connectivity index (χ0v) is 14.8. The number of benzene rings is 1. The third-order valence-electron chi connectivity index (χ3n) is 2.45. The lowest BCUT2D eigenvalue weighted by molar-refractivity contribution is -0.0597. The van der Waals surface area contributed by atoms with Crippen molar-refractivity contribution in [3.63, 3.8) is 0 Å². The quantitative estimate of drug-likeness (QED) is 0.275. The molecule has 0 radical (unpaired) electrons. The highest BCUT2D eigenvalue weighted by atomic mass is 32.3. The average Bonchev–Trinajstić information content (AvgIpc) is 2.44. The van der Waals surface area contributed by atoms with Crippen LogP contribution in [-0.4, -0.2) is 52.7 Å². The standard InChI is InChI=1S/C12H14F3NO8S2/c1-25(17,18)24-16-11(12(13,14)15)9-3-5-10(6-4-9)22-7-2-8-23-26(19,20)21/h3-6H,2,7-8H2,1H3,(H,19,20,21)/b16-11-.